The average molecular weight is 458 g/mol. The van der Waals surface area contributed by atoms with Crippen LogP contribution >= 0.6 is 24.0 Å². The molecule has 4 aromatic rings. The number of hydrogen-bond donors (Lipinski definition) is 1. The number of ether oxygens (including phenoxy) is 1. The van der Waals surface area contributed by atoms with Crippen LogP contribution < -0.4 is 20.4 Å². The fourth-order valence-corrected chi connectivity index (χ4v) is 4.22. The number of aromatic nitrogens is 1. The minimum atomic E-state index is -0.252. The predicted molar refractivity (Wildman–Crippen MR) is 127 cm³/mol. The van der Waals surface area contributed by atoms with Gasteiger partial charge in [0.2, 0.25) is 5.43 Å². The van der Waals surface area contributed by atoms with Crippen LogP contribution in [0.2, 0.25) is 5.02 Å². The van der Waals surface area contributed by atoms with Gasteiger partial charge < -0.3 is 19.4 Å². The summed E-state index contributed by atoms with van der Waals surface area (Å²) in [5.41, 5.74) is 3.56. The fraction of sp³-hybridized carbons (Fsp3) is 0.217. The van der Waals surface area contributed by atoms with Crippen LogP contribution in [-0.4, -0.2) is 38.3 Å². The molecule has 31 heavy (non-hydrogen) atoms. The highest BCUT2D eigenvalue weighted by molar-refractivity contribution is 6.35. The van der Waals surface area contributed by atoms with Crippen LogP contribution in [0.25, 0.3) is 33.2 Å². The molecule has 1 saturated heterocycles. The van der Waals surface area contributed by atoms with Crippen molar-refractivity contribution in [1.82, 2.24) is 10.3 Å². The van der Waals surface area contributed by atoms with Gasteiger partial charge in [0.15, 0.2) is 11.1 Å². The molecule has 6 nitrogen and oxygen atoms in total. The van der Waals surface area contributed by atoms with Crippen LogP contribution in [-0.2, 0) is 0 Å². The molecule has 0 aliphatic carbocycles. The summed E-state index contributed by atoms with van der Waals surface area (Å²) in [7, 11) is 1.58. The number of halogens is 2. The quantitative estimate of drug-likeness (QED) is 0.456. The Labute approximate surface area is 190 Å². The second kappa shape index (κ2) is 8.75. The number of benzene rings is 2. The Morgan fingerprint density at radius 2 is 1.87 bits per heavy atom. The molecule has 2 aromatic carbocycles. The fourth-order valence-electron chi connectivity index (χ4n) is 3.97. The zero-order chi connectivity index (χ0) is 20.7. The maximum absolute atomic E-state index is 13.1. The van der Waals surface area contributed by atoms with Crippen LogP contribution in [0.3, 0.4) is 0 Å². The van der Waals surface area contributed by atoms with E-state index in [0.717, 1.165) is 37.4 Å². The molecule has 0 amide bonds. The van der Waals surface area contributed by atoms with Gasteiger partial charge in [0.25, 0.3) is 0 Å². The normalized spacial score (nSPS) is 13.9. The molecule has 0 radical (unpaired) electrons. The highest BCUT2D eigenvalue weighted by Crippen LogP contribution is 2.37. The molecule has 2 aromatic heterocycles. The van der Waals surface area contributed by atoms with Gasteiger partial charge in [-0.3, -0.25) is 4.79 Å². The second-order valence-electron chi connectivity index (χ2n) is 7.21. The highest BCUT2D eigenvalue weighted by Gasteiger charge is 2.20. The van der Waals surface area contributed by atoms with Crippen molar-refractivity contribution < 1.29 is 9.15 Å². The zero-order valence-corrected chi connectivity index (χ0v) is 18.4. The minimum absolute atomic E-state index is 0. The molecular weight excluding hydrogens is 437 g/mol. The number of methoxy groups -OCH3 is 1. The van der Waals surface area contributed by atoms with E-state index in [-0.39, 0.29) is 23.4 Å². The van der Waals surface area contributed by atoms with Gasteiger partial charge in [-0.25, -0.2) is 4.98 Å². The van der Waals surface area contributed by atoms with Crippen LogP contribution in [0, 0.1) is 0 Å². The Morgan fingerprint density at radius 1 is 1.13 bits per heavy atom. The van der Waals surface area contributed by atoms with Crippen molar-refractivity contribution in [3.8, 4) is 16.9 Å². The molecule has 3 heterocycles. The summed E-state index contributed by atoms with van der Waals surface area (Å²) in [6.07, 6.45) is 1.56. The van der Waals surface area contributed by atoms with Crippen molar-refractivity contribution in [3.05, 3.63) is 63.9 Å². The summed E-state index contributed by atoms with van der Waals surface area (Å²) >= 11 is 6.25. The van der Waals surface area contributed by atoms with E-state index in [2.05, 4.69) is 27.3 Å². The molecule has 1 aliphatic rings. The van der Waals surface area contributed by atoms with Crippen molar-refractivity contribution in [2.75, 3.05) is 38.2 Å². The Morgan fingerprint density at radius 3 is 2.58 bits per heavy atom. The molecule has 1 N–H and O–H groups in total. The molecular formula is C23H21Cl2N3O3. The van der Waals surface area contributed by atoms with Crippen LogP contribution in [0.5, 0.6) is 5.75 Å². The average Bonchev–Trinajstić information content (AvgIpc) is 2.79. The first-order valence-corrected chi connectivity index (χ1v) is 10.2. The van der Waals surface area contributed by atoms with E-state index in [1.54, 1.807) is 31.5 Å². The maximum Gasteiger partial charge on any atom is 0.220 e. The lowest BCUT2D eigenvalue weighted by Crippen LogP contribution is -2.43. The van der Waals surface area contributed by atoms with E-state index in [0.29, 0.717) is 32.9 Å². The van der Waals surface area contributed by atoms with E-state index in [9.17, 15) is 4.79 Å². The first-order valence-electron chi connectivity index (χ1n) is 9.81. The second-order valence-corrected chi connectivity index (χ2v) is 7.61. The standard InChI is InChI=1S/C23H20ClN3O3.ClH/c1-29-18-13-26-21-22(28)20-16(24)3-2-4-17(20)30-23(21)19(18)14-5-7-15(8-6-14)27-11-9-25-10-12-27;/h2-8,13,25H,9-12H2,1H3;1H. The van der Waals surface area contributed by atoms with Crippen molar-refractivity contribution in [2.45, 2.75) is 0 Å². The Balaban J connectivity index is 0.00000231. The summed E-state index contributed by atoms with van der Waals surface area (Å²) in [5, 5.41) is 4.05. The van der Waals surface area contributed by atoms with Gasteiger partial charge in [-0.2, -0.15) is 0 Å². The number of piperazine rings is 1. The molecule has 8 heteroatoms. The molecule has 0 bridgehead atoms. The predicted octanol–water partition coefficient (Wildman–Crippen LogP) is 4.50. The minimum Gasteiger partial charge on any atom is -0.494 e. The first-order chi connectivity index (χ1) is 14.7. The summed E-state index contributed by atoms with van der Waals surface area (Å²) in [6, 6.07) is 13.4. The Bertz CT molecular complexity index is 1300. The summed E-state index contributed by atoms with van der Waals surface area (Å²) in [4.78, 5) is 19.8. The van der Waals surface area contributed by atoms with Gasteiger partial charge >= 0.3 is 0 Å². The van der Waals surface area contributed by atoms with Crippen molar-refractivity contribution in [2.24, 2.45) is 0 Å². The first kappa shape index (κ1) is 21.4. The van der Waals surface area contributed by atoms with Gasteiger partial charge in [-0.15, -0.1) is 12.4 Å². The van der Waals surface area contributed by atoms with Gasteiger partial charge in [0, 0.05) is 31.9 Å². The van der Waals surface area contributed by atoms with E-state index in [1.807, 2.05) is 12.1 Å². The van der Waals surface area contributed by atoms with E-state index >= 15 is 0 Å². The molecule has 1 fully saturated rings. The third-order valence-corrected chi connectivity index (χ3v) is 5.80. The molecule has 0 unspecified atom stereocenters. The molecule has 160 valence electrons. The zero-order valence-electron chi connectivity index (χ0n) is 16.9. The van der Waals surface area contributed by atoms with Crippen molar-refractivity contribution in [3.63, 3.8) is 0 Å². The van der Waals surface area contributed by atoms with Crippen LogP contribution in [0.4, 0.5) is 5.69 Å². The third-order valence-electron chi connectivity index (χ3n) is 5.49. The van der Waals surface area contributed by atoms with Gasteiger partial charge in [-0.1, -0.05) is 29.8 Å². The molecule has 1 aliphatic heterocycles. The smallest absolute Gasteiger partial charge is 0.220 e. The third kappa shape index (κ3) is 3.71. The number of anilines is 1. The van der Waals surface area contributed by atoms with Gasteiger partial charge in [0.1, 0.15) is 11.3 Å². The van der Waals surface area contributed by atoms with Gasteiger partial charge in [0.05, 0.1) is 29.3 Å². The number of rotatable bonds is 3. The number of hydrogen-bond acceptors (Lipinski definition) is 6. The van der Waals surface area contributed by atoms with E-state index in [1.165, 1.54) is 0 Å². The largest absolute Gasteiger partial charge is 0.494 e. The Kier molecular flexibility index (Phi) is 6.05. The van der Waals surface area contributed by atoms with E-state index < -0.39 is 0 Å². The number of fused-ring (bicyclic) bond motifs is 2. The highest BCUT2D eigenvalue weighted by atomic mass is 35.5. The lowest BCUT2D eigenvalue weighted by atomic mass is 10.0. The summed E-state index contributed by atoms with van der Waals surface area (Å²) in [6.45, 7) is 3.90. The molecule has 0 atom stereocenters. The molecule has 0 saturated carbocycles. The molecule has 5 rings (SSSR count). The van der Waals surface area contributed by atoms with Crippen molar-refractivity contribution in [1.29, 1.82) is 0 Å². The lowest BCUT2D eigenvalue weighted by molar-refractivity contribution is 0.414. The lowest BCUT2D eigenvalue weighted by Gasteiger charge is -2.29. The SMILES string of the molecule is COc1cnc2c(=O)c3c(Cl)cccc3oc2c1-c1ccc(N2CCNCC2)cc1.Cl. The summed E-state index contributed by atoms with van der Waals surface area (Å²) in [5.74, 6) is 0.543. The Hall–Kier alpha value is -2.80. The summed E-state index contributed by atoms with van der Waals surface area (Å²) < 4.78 is 11.7. The van der Waals surface area contributed by atoms with Crippen molar-refractivity contribution >= 4 is 51.8 Å². The monoisotopic (exact) mass is 457 g/mol. The topological polar surface area (TPSA) is 67.6 Å². The maximum atomic E-state index is 13.1. The number of nitrogens with zero attached hydrogens (tertiary/aromatic N) is 2. The molecule has 0 spiro atoms. The number of pyridine rings is 1. The van der Waals surface area contributed by atoms with E-state index in [4.69, 9.17) is 20.8 Å². The van der Waals surface area contributed by atoms with Crippen LogP contribution in [0.15, 0.2) is 57.9 Å². The van der Waals surface area contributed by atoms with Gasteiger partial charge in [-0.05, 0) is 29.8 Å². The number of nitrogens with one attached hydrogen (secondary N) is 1. The van der Waals surface area contributed by atoms with Crippen LogP contribution in [0.1, 0.15) is 0 Å².